The zero-order chi connectivity index (χ0) is 19.2. The second-order valence-electron chi connectivity index (χ2n) is 5.90. The SMILES string of the molecule is CCOc1ccc(NC(=O)c2nn(-c3ccc(CC)cc3)ccc2=O)cc1. The third-order valence-corrected chi connectivity index (χ3v) is 4.06. The van der Waals surface area contributed by atoms with Crippen LogP contribution in [0.15, 0.2) is 65.6 Å². The van der Waals surface area contributed by atoms with E-state index in [2.05, 4.69) is 17.3 Å². The monoisotopic (exact) mass is 363 g/mol. The van der Waals surface area contributed by atoms with Crippen LogP contribution in [-0.4, -0.2) is 22.3 Å². The fraction of sp³-hybridized carbons (Fsp3) is 0.190. The van der Waals surface area contributed by atoms with Crippen molar-refractivity contribution >= 4 is 11.6 Å². The Morgan fingerprint density at radius 3 is 2.37 bits per heavy atom. The summed E-state index contributed by atoms with van der Waals surface area (Å²) in [4.78, 5) is 24.6. The molecule has 1 heterocycles. The van der Waals surface area contributed by atoms with E-state index in [4.69, 9.17) is 4.74 Å². The van der Waals surface area contributed by atoms with E-state index >= 15 is 0 Å². The number of aryl methyl sites for hydroxylation is 1. The molecule has 0 saturated heterocycles. The van der Waals surface area contributed by atoms with E-state index in [9.17, 15) is 9.59 Å². The molecule has 0 aliphatic heterocycles. The van der Waals surface area contributed by atoms with Crippen LogP contribution in [0.25, 0.3) is 5.69 Å². The van der Waals surface area contributed by atoms with E-state index < -0.39 is 11.3 Å². The summed E-state index contributed by atoms with van der Waals surface area (Å²) in [7, 11) is 0. The number of ether oxygens (including phenoxy) is 1. The summed E-state index contributed by atoms with van der Waals surface area (Å²) < 4.78 is 6.89. The minimum Gasteiger partial charge on any atom is -0.494 e. The second-order valence-corrected chi connectivity index (χ2v) is 5.90. The molecule has 2 aromatic carbocycles. The lowest BCUT2D eigenvalue weighted by atomic mass is 10.1. The number of amides is 1. The molecule has 0 saturated carbocycles. The van der Waals surface area contributed by atoms with Crippen molar-refractivity contribution in [1.82, 2.24) is 9.78 Å². The average Bonchev–Trinajstić information content (AvgIpc) is 2.70. The Hall–Kier alpha value is -3.41. The number of nitrogens with zero attached hydrogens (tertiary/aromatic N) is 2. The van der Waals surface area contributed by atoms with Crippen LogP contribution in [0.3, 0.4) is 0 Å². The first kappa shape index (κ1) is 18.4. The van der Waals surface area contributed by atoms with Gasteiger partial charge in [-0.05, 0) is 55.3 Å². The van der Waals surface area contributed by atoms with Gasteiger partial charge in [0.05, 0.1) is 12.3 Å². The van der Waals surface area contributed by atoms with Gasteiger partial charge in [0.1, 0.15) is 5.75 Å². The minimum absolute atomic E-state index is 0.161. The molecule has 1 N–H and O–H groups in total. The highest BCUT2D eigenvalue weighted by molar-refractivity contribution is 6.02. The van der Waals surface area contributed by atoms with E-state index in [1.54, 1.807) is 30.5 Å². The standard InChI is InChI=1S/C21H21N3O3/c1-3-15-5-9-17(10-6-15)24-14-13-19(25)20(23-24)21(26)22-16-7-11-18(12-8-16)27-4-2/h5-14H,3-4H2,1-2H3,(H,22,26). The summed E-state index contributed by atoms with van der Waals surface area (Å²) in [5.74, 6) is 0.162. The molecule has 0 bridgehead atoms. The van der Waals surface area contributed by atoms with Crippen molar-refractivity contribution in [3.8, 4) is 11.4 Å². The van der Waals surface area contributed by atoms with Crippen LogP contribution in [0.1, 0.15) is 29.9 Å². The maximum atomic E-state index is 12.5. The number of aromatic nitrogens is 2. The molecular formula is C21H21N3O3. The normalized spacial score (nSPS) is 10.4. The van der Waals surface area contributed by atoms with E-state index in [0.29, 0.717) is 18.0 Å². The zero-order valence-corrected chi connectivity index (χ0v) is 15.3. The zero-order valence-electron chi connectivity index (χ0n) is 15.3. The average molecular weight is 363 g/mol. The summed E-state index contributed by atoms with van der Waals surface area (Å²) in [5, 5.41) is 6.90. The summed E-state index contributed by atoms with van der Waals surface area (Å²) in [6.07, 6.45) is 2.49. The molecule has 1 amide bonds. The van der Waals surface area contributed by atoms with Crippen molar-refractivity contribution in [1.29, 1.82) is 0 Å². The van der Waals surface area contributed by atoms with Gasteiger partial charge in [-0.15, -0.1) is 0 Å². The molecule has 27 heavy (non-hydrogen) atoms. The molecule has 0 spiro atoms. The molecular weight excluding hydrogens is 342 g/mol. The summed E-state index contributed by atoms with van der Waals surface area (Å²) in [5.41, 5.74) is 1.95. The molecule has 1 aromatic heterocycles. The molecule has 0 fully saturated rings. The van der Waals surface area contributed by atoms with Crippen LogP contribution in [0, 0.1) is 0 Å². The maximum Gasteiger partial charge on any atom is 0.280 e. The highest BCUT2D eigenvalue weighted by Gasteiger charge is 2.14. The minimum atomic E-state index is -0.552. The lowest BCUT2D eigenvalue weighted by Gasteiger charge is -2.09. The van der Waals surface area contributed by atoms with Gasteiger partial charge in [-0.25, -0.2) is 4.68 Å². The van der Waals surface area contributed by atoms with Gasteiger partial charge >= 0.3 is 0 Å². The van der Waals surface area contributed by atoms with Gasteiger partial charge in [-0.3, -0.25) is 9.59 Å². The van der Waals surface area contributed by atoms with Gasteiger partial charge in [0, 0.05) is 18.0 Å². The lowest BCUT2D eigenvalue weighted by Crippen LogP contribution is -2.25. The molecule has 0 unspecified atom stereocenters. The number of hydrogen-bond acceptors (Lipinski definition) is 4. The first-order valence-electron chi connectivity index (χ1n) is 8.84. The molecule has 3 rings (SSSR count). The summed E-state index contributed by atoms with van der Waals surface area (Å²) in [6.45, 7) is 4.55. The van der Waals surface area contributed by atoms with Gasteiger partial charge in [0.15, 0.2) is 5.69 Å². The topological polar surface area (TPSA) is 73.2 Å². The lowest BCUT2D eigenvalue weighted by molar-refractivity contribution is 0.101. The first-order valence-corrected chi connectivity index (χ1v) is 8.84. The Morgan fingerprint density at radius 2 is 1.74 bits per heavy atom. The largest absolute Gasteiger partial charge is 0.494 e. The molecule has 6 nitrogen and oxygen atoms in total. The van der Waals surface area contributed by atoms with Crippen molar-refractivity contribution in [3.63, 3.8) is 0 Å². The predicted molar refractivity (Wildman–Crippen MR) is 105 cm³/mol. The fourth-order valence-electron chi connectivity index (χ4n) is 2.58. The summed E-state index contributed by atoms with van der Waals surface area (Å²) >= 11 is 0. The third-order valence-electron chi connectivity index (χ3n) is 4.06. The Bertz CT molecular complexity index is 977. The van der Waals surface area contributed by atoms with Crippen LogP contribution >= 0.6 is 0 Å². The Labute approximate surface area is 157 Å². The van der Waals surface area contributed by atoms with Gasteiger partial charge < -0.3 is 10.1 Å². The molecule has 0 aliphatic carbocycles. The fourth-order valence-corrected chi connectivity index (χ4v) is 2.58. The first-order chi connectivity index (χ1) is 13.1. The van der Waals surface area contributed by atoms with Gasteiger partial charge in [-0.1, -0.05) is 19.1 Å². The van der Waals surface area contributed by atoms with E-state index in [1.807, 2.05) is 31.2 Å². The van der Waals surface area contributed by atoms with Gasteiger partial charge in [-0.2, -0.15) is 5.10 Å². The van der Waals surface area contributed by atoms with Crippen LogP contribution in [0.2, 0.25) is 0 Å². The number of anilines is 1. The van der Waals surface area contributed by atoms with Crippen LogP contribution in [0.4, 0.5) is 5.69 Å². The van der Waals surface area contributed by atoms with E-state index in [-0.39, 0.29) is 5.69 Å². The smallest absolute Gasteiger partial charge is 0.280 e. The van der Waals surface area contributed by atoms with E-state index in [1.165, 1.54) is 16.3 Å². The van der Waals surface area contributed by atoms with Crippen molar-refractivity contribution in [3.05, 3.63) is 82.3 Å². The van der Waals surface area contributed by atoms with E-state index in [0.717, 1.165) is 12.1 Å². The number of nitrogens with one attached hydrogen (secondary N) is 1. The second kappa shape index (κ2) is 8.31. The van der Waals surface area contributed by atoms with Gasteiger partial charge in [0.25, 0.3) is 5.91 Å². The van der Waals surface area contributed by atoms with Crippen LogP contribution in [-0.2, 0) is 6.42 Å². The predicted octanol–water partition coefficient (Wildman–Crippen LogP) is 3.45. The maximum absolute atomic E-state index is 12.5. The number of hydrogen-bond donors (Lipinski definition) is 1. The quantitative estimate of drug-likeness (QED) is 0.728. The summed E-state index contributed by atoms with van der Waals surface area (Å²) in [6, 6.07) is 16.1. The number of carbonyl (C=O) groups excluding carboxylic acids is 1. The molecule has 0 atom stereocenters. The third kappa shape index (κ3) is 4.41. The number of rotatable bonds is 6. The molecule has 0 aliphatic rings. The van der Waals surface area contributed by atoms with Crippen molar-refractivity contribution < 1.29 is 9.53 Å². The number of carbonyl (C=O) groups is 1. The van der Waals surface area contributed by atoms with Crippen molar-refractivity contribution in [2.45, 2.75) is 20.3 Å². The molecule has 6 heteroatoms. The Kier molecular flexibility index (Phi) is 5.66. The van der Waals surface area contributed by atoms with Crippen LogP contribution < -0.4 is 15.5 Å². The molecule has 0 radical (unpaired) electrons. The molecule has 138 valence electrons. The van der Waals surface area contributed by atoms with Crippen LogP contribution in [0.5, 0.6) is 5.75 Å². The highest BCUT2D eigenvalue weighted by atomic mass is 16.5. The Balaban J connectivity index is 1.82. The molecule has 3 aromatic rings. The highest BCUT2D eigenvalue weighted by Crippen LogP contribution is 2.16. The van der Waals surface area contributed by atoms with Gasteiger partial charge in [0.2, 0.25) is 5.43 Å². The number of benzene rings is 2. The van der Waals surface area contributed by atoms with Crippen molar-refractivity contribution in [2.24, 2.45) is 0 Å². The Morgan fingerprint density at radius 1 is 1.04 bits per heavy atom. The van der Waals surface area contributed by atoms with Crippen molar-refractivity contribution in [2.75, 3.05) is 11.9 Å².